The molecule has 0 unspecified atom stereocenters. The van der Waals surface area contributed by atoms with Gasteiger partial charge in [-0.2, -0.15) is 0 Å². The van der Waals surface area contributed by atoms with Gasteiger partial charge in [0.15, 0.2) is 5.76 Å². The van der Waals surface area contributed by atoms with Crippen LogP contribution in [0.1, 0.15) is 35.5 Å². The molecule has 7 nitrogen and oxygen atoms in total. The van der Waals surface area contributed by atoms with Crippen LogP contribution >= 0.6 is 0 Å². The summed E-state index contributed by atoms with van der Waals surface area (Å²) >= 11 is 0. The maximum Gasteiger partial charge on any atom is 0.291 e. The number of carbonyl (C=O) groups is 2. The molecule has 0 saturated carbocycles. The Balaban J connectivity index is 1.62. The lowest BCUT2D eigenvalue weighted by Crippen LogP contribution is -2.37. The molecular weight excluding hydrogens is 332 g/mol. The third kappa shape index (κ3) is 4.64. The first-order chi connectivity index (χ1) is 12.6. The Kier molecular flexibility index (Phi) is 5.91. The molecule has 2 aromatic rings. The zero-order chi connectivity index (χ0) is 18.4. The van der Waals surface area contributed by atoms with Crippen LogP contribution in [-0.4, -0.2) is 47.9 Å². The Morgan fingerprint density at radius 2 is 2.27 bits per heavy atom. The average molecular weight is 356 g/mol. The third-order valence-electron chi connectivity index (χ3n) is 4.59. The lowest BCUT2D eigenvalue weighted by atomic mass is 10.1. The van der Waals surface area contributed by atoms with Crippen molar-refractivity contribution in [1.82, 2.24) is 20.5 Å². The zero-order valence-corrected chi connectivity index (χ0v) is 14.8. The maximum atomic E-state index is 12.6. The topological polar surface area (TPSA) is 90.4 Å². The minimum Gasteiger partial charge on any atom is -0.459 e. The Morgan fingerprint density at radius 1 is 1.38 bits per heavy atom. The van der Waals surface area contributed by atoms with Gasteiger partial charge >= 0.3 is 0 Å². The van der Waals surface area contributed by atoms with Crippen molar-refractivity contribution in [3.63, 3.8) is 0 Å². The highest BCUT2D eigenvalue weighted by atomic mass is 16.3. The van der Waals surface area contributed by atoms with Crippen LogP contribution < -0.4 is 10.6 Å². The van der Waals surface area contributed by atoms with Crippen molar-refractivity contribution in [3.05, 3.63) is 53.9 Å². The molecule has 1 atom stereocenters. The summed E-state index contributed by atoms with van der Waals surface area (Å²) in [7, 11) is 2.11. The standard InChI is InChI=1S/C19H24N4O3/c1-23-11-3-6-15(23)8-10-21-18(24)16(13-14-5-2-9-20-14)22-19(25)17-7-4-12-26-17/h2,4-5,7,9,12-13,15,20H,3,6,8,10-11H2,1H3,(H,21,24)(H,22,25)/b16-13-/t15-/m0/s1. The molecule has 2 amide bonds. The summed E-state index contributed by atoms with van der Waals surface area (Å²) in [6, 6.07) is 7.33. The number of nitrogens with zero attached hydrogens (tertiary/aromatic N) is 1. The van der Waals surface area contributed by atoms with Gasteiger partial charge in [-0.3, -0.25) is 9.59 Å². The van der Waals surface area contributed by atoms with Crippen LogP contribution in [0.25, 0.3) is 6.08 Å². The lowest BCUT2D eigenvalue weighted by Gasteiger charge is -2.19. The molecule has 0 bridgehead atoms. The van der Waals surface area contributed by atoms with E-state index in [1.54, 1.807) is 24.4 Å². The fourth-order valence-electron chi connectivity index (χ4n) is 3.13. The number of aromatic nitrogens is 1. The van der Waals surface area contributed by atoms with Gasteiger partial charge < -0.3 is 24.9 Å². The fraction of sp³-hybridized carbons (Fsp3) is 0.368. The first-order valence-corrected chi connectivity index (χ1v) is 8.82. The normalized spacial score (nSPS) is 18.0. The van der Waals surface area contributed by atoms with Gasteiger partial charge in [-0.1, -0.05) is 0 Å². The van der Waals surface area contributed by atoms with Crippen molar-refractivity contribution in [2.24, 2.45) is 0 Å². The number of hydrogen-bond donors (Lipinski definition) is 3. The number of carbonyl (C=O) groups excluding carboxylic acids is 2. The van der Waals surface area contributed by atoms with Gasteiger partial charge in [0.05, 0.1) is 6.26 Å². The smallest absolute Gasteiger partial charge is 0.291 e. The summed E-state index contributed by atoms with van der Waals surface area (Å²) in [5.74, 6) is -0.624. The van der Waals surface area contributed by atoms with Crippen molar-refractivity contribution >= 4 is 17.9 Å². The number of aromatic amines is 1. The Labute approximate surface area is 152 Å². The second-order valence-corrected chi connectivity index (χ2v) is 6.44. The molecule has 0 spiro atoms. The fourth-order valence-corrected chi connectivity index (χ4v) is 3.13. The van der Waals surface area contributed by atoms with Crippen molar-refractivity contribution in [2.45, 2.75) is 25.3 Å². The second-order valence-electron chi connectivity index (χ2n) is 6.44. The summed E-state index contributed by atoms with van der Waals surface area (Å²) in [5, 5.41) is 5.53. The SMILES string of the molecule is CN1CCC[C@H]1CCNC(=O)/C(=C/c1ccc[nH]1)NC(=O)c1ccco1. The van der Waals surface area contributed by atoms with E-state index in [1.807, 2.05) is 12.1 Å². The van der Waals surface area contributed by atoms with Gasteiger partial charge in [-0.15, -0.1) is 0 Å². The molecule has 3 heterocycles. The highest BCUT2D eigenvalue weighted by Crippen LogP contribution is 2.17. The van der Waals surface area contributed by atoms with E-state index in [0.717, 1.165) is 25.1 Å². The summed E-state index contributed by atoms with van der Waals surface area (Å²) < 4.78 is 5.09. The number of rotatable bonds is 7. The molecule has 0 aliphatic carbocycles. The number of furan rings is 1. The van der Waals surface area contributed by atoms with Crippen molar-refractivity contribution in [3.8, 4) is 0 Å². The van der Waals surface area contributed by atoms with Gasteiger partial charge in [-0.25, -0.2) is 0 Å². The maximum absolute atomic E-state index is 12.6. The van der Waals surface area contributed by atoms with Gasteiger partial charge in [0.1, 0.15) is 5.70 Å². The van der Waals surface area contributed by atoms with Crippen molar-refractivity contribution < 1.29 is 14.0 Å². The van der Waals surface area contributed by atoms with Crippen LogP contribution in [0.15, 0.2) is 46.8 Å². The summed E-state index contributed by atoms with van der Waals surface area (Å²) in [6.45, 7) is 1.67. The van der Waals surface area contributed by atoms with Gasteiger partial charge in [0, 0.05) is 24.5 Å². The van der Waals surface area contributed by atoms with Crippen molar-refractivity contribution in [2.75, 3.05) is 20.1 Å². The summed E-state index contributed by atoms with van der Waals surface area (Å²) in [6.07, 6.45) is 8.04. The van der Waals surface area contributed by atoms with E-state index in [1.165, 1.54) is 12.7 Å². The van der Waals surface area contributed by atoms with Crippen molar-refractivity contribution in [1.29, 1.82) is 0 Å². The predicted octanol–water partition coefficient (Wildman–Crippen LogP) is 1.98. The molecular formula is C19H24N4O3. The van der Waals surface area contributed by atoms with Crippen LogP contribution in [0.3, 0.4) is 0 Å². The van der Waals surface area contributed by atoms with Gasteiger partial charge in [-0.05, 0) is 63.2 Å². The highest BCUT2D eigenvalue weighted by molar-refractivity contribution is 6.04. The molecule has 1 fully saturated rings. The number of hydrogen-bond acceptors (Lipinski definition) is 4. The molecule has 1 aliphatic heterocycles. The second kappa shape index (κ2) is 8.53. The van der Waals surface area contributed by atoms with Crippen LogP contribution in [0, 0.1) is 0 Å². The molecule has 26 heavy (non-hydrogen) atoms. The molecule has 2 aromatic heterocycles. The quantitative estimate of drug-likeness (QED) is 0.662. The van der Waals surface area contributed by atoms with E-state index in [2.05, 4.69) is 27.6 Å². The van der Waals surface area contributed by atoms with E-state index < -0.39 is 5.91 Å². The largest absolute Gasteiger partial charge is 0.459 e. The monoisotopic (exact) mass is 356 g/mol. The Hall–Kier alpha value is -2.80. The summed E-state index contributed by atoms with van der Waals surface area (Å²) in [5.41, 5.74) is 0.902. The Bertz CT molecular complexity index is 750. The molecule has 138 valence electrons. The van der Waals surface area contributed by atoms with Crippen LogP contribution in [-0.2, 0) is 4.79 Å². The minimum atomic E-state index is -0.460. The Morgan fingerprint density at radius 3 is 2.92 bits per heavy atom. The van der Waals surface area contributed by atoms with Gasteiger partial charge in [0.2, 0.25) is 0 Å². The third-order valence-corrected chi connectivity index (χ3v) is 4.59. The summed E-state index contributed by atoms with van der Waals surface area (Å²) in [4.78, 5) is 30.1. The molecule has 1 aliphatic rings. The molecule has 3 rings (SSSR count). The molecule has 1 saturated heterocycles. The number of amides is 2. The number of nitrogens with one attached hydrogen (secondary N) is 3. The predicted molar refractivity (Wildman–Crippen MR) is 98.2 cm³/mol. The van der Waals surface area contributed by atoms with Crippen LogP contribution in [0.2, 0.25) is 0 Å². The molecule has 0 aromatic carbocycles. The first kappa shape index (κ1) is 18.0. The van der Waals surface area contributed by atoms with E-state index in [9.17, 15) is 9.59 Å². The van der Waals surface area contributed by atoms with Crippen LogP contribution in [0.4, 0.5) is 0 Å². The van der Waals surface area contributed by atoms with E-state index in [4.69, 9.17) is 4.42 Å². The molecule has 7 heteroatoms. The van der Waals surface area contributed by atoms with E-state index in [-0.39, 0.29) is 17.4 Å². The number of likely N-dealkylation sites (tertiary alicyclic amines) is 1. The molecule has 0 radical (unpaired) electrons. The van der Waals surface area contributed by atoms with Crippen LogP contribution in [0.5, 0.6) is 0 Å². The van der Waals surface area contributed by atoms with E-state index in [0.29, 0.717) is 12.6 Å². The minimum absolute atomic E-state index is 0.155. The lowest BCUT2D eigenvalue weighted by molar-refractivity contribution is -0.117. The highest BCUT2D eigenvalue weighted by Gasteiger charge is 2.21. The van der Waals surface area contributed by atoms with Gasteiger partial charge in [0.25, 0.3) is 11.8 Å². The first-order valence-electron chi connectivity index (χ1n) is 8.82. The zero-order valence-electron chi connectivity index (χ0n) is 14.8. The van der Waals surface area contributed by atoms with E-state index >= 15 is 0 Å². The molecule has 3 N–H and O–H groups in total. The average Bonchev–Trinajstić information content (AvgIpc) is 3.37. The number of H-pyrrole nitrogens is 1.